The smallest absolute Gasteiger partial charge is 0.223 e. The molecular formula is C17H33N5O. The monoisotopic (exact) mass is 323 g/mol. The molecule has 2 fully saturated rings. The standard InChI is InChI=1S/C17H33N5O/c1-3-18-17(20-9-8-19-16(23)15-6-7-15)21-12-14(2)13-22-10-4-5-11-22/h14-15H,3-13H2,1-2H3,(H,19,23)(H2,18,20,21). The zero-order valence-electron chi connectivity index (χ0n) is 14.7. The van der Waals surface area contributed by atoms with Crippen LogP contribution in [0.25, 0.3) is 0 Å². The average Bonchev–Trinajstić information content (AvgIpc) is 3.27. The van der Waals surface area contributed by atoms with Gasteiger partial charge in [-0.15, -0.1) is 0 Å². The molecule has 132 valence electrons. The molecule has 1 unspecified atom stereocenters. The van der Waals surface area contributed by atoms with E-state index in [1.807, 2.05) is 0 Å². The Balaban J connectivity index is 1.62. The number of hydrogen-bond donors (Lipinski definition) is 3. The van der Waals surface area contributed by atoms with E-state index >= 15 is 0 Å². The Hall–Kier alpha value is -1.30. The second-order valence-corrected chi connectivity index (χ2v) is 6.82. The molecule has 2 rings (SSSR count). The molecule has 3 N–H and O–H groups in total. The summed E-state index contributed by atoms with van der Waals surface area (Å²) in [5.74, 6) is 1.90. The summed E-state index contributed by atoms with van der Waals surface area (Å²) in [4.78, 5) is 18.8. The van der Waals surface area contributed by atoms with Crippen LogP contribution >= 0.6 is 0 Å². The molecular weight excluding hydrogens is 290 g/mol. The topological polar surface area (TPSA) is 68.8 Å². The fraction of sp³-hybridized carbons (Fsp3) is 0.882. The van der Waals surface area contributed by atoms with E-state index in [1.165, 1.54) is 25.9 Å². The Morgan fingerprint density at radius 1 is 1.17 bits per heavy atom. The van der Waals surface area contributed by atoms with Crippen LogP contribution in [-0.4, -0.2) is 62.6 Å². The highest BCUT2D eigenvalue weighted by atomic mass is 16.2. The minimum absolute atomic E-state index is 0.202. The summed E-state index contributed by atoms with van der Waals surface area (Å²) in [5.41, 5.74) is 0. The van der Waals surface area contributed by atoms with Gasteiger partial charge >= 0.3 is 0 Å². The highest BCUT2D eigenvalue weighted by molar-refractivity contribution is 5.81. The number of rotatable bonds is 9. The van der Waals surface area contributed by atoms with Crippen molar-refractivity contribution >= 4 is 11.9 Å². The van der Waals surface area contributed by atoms with Crippen LogP contribution in [0.5, 0.6) is 0 Å². The second kappa shape index (κ2) is 9.75. The Morgan fingerprint density at radius 3 is 2.52 bits per heavy atom. The number of guanidine groups is 1. The van der Waals surface area contributed by atoms with Gasteiger partial charge in [-0.1, -0.05) is 6.92 Å². The second-order valence-electron chi connectivity index (χ2n) is 6.82. The number of nitrogens with zero attached hydrogens (tertiary/aromatic N) is 2. The Morgan fingerprint density at radius 2 is 1.87 bits per heavy atom. The number of carbonyl (C=O) groups excluding carboxylic acids is 1. The van der Waals surface area contributed by atoms with E-state index in [-0.39, 0.29) is 11.8 Å². The van der Waals surface area contributed by atoms with Gasteiger partial charge in [0.2, 0.25) is 5.91 Å². The molecule has 1 heterocycles. The van der Waals surface area contributed by atoms with Crippen molar-refractivity contribution in [3.05, 3.63) is 0 Å². The summed E-state index contributed by atoms with van der Waals surface area (Å²) in [6.45, 7) is 11.0. The molecule has 0 radical (unpaired) electrons. The molecule has 6 nitrogen and oxygen atoms in total. The van der Waals surface area contributed by atoms with E-state index in [0.29, 0.717) is 19.0 Å². The molecule has 6 heteroatoms. The fourth-order valence-electron chi connectivity index (χ4n) is 2.91. The lowest BCUT2D eigenvalue weighted by atomic mass is 10.2. The van der Waals surface area contributed by atoms with Gasteiger partial charge in [-0.25, -0.2) is 0 Å². The van der Waals surface area contributed by atoms with Gasteiger partial charge in [0.15, 0.2) is 5.96 Å². The maximum absolute atomic E-state index is 11.6. The molecule has 1 saturated carbocycles. The summed E-state index contributed by atoms with van der Waals surface area (Å²) in [6, 6.07) is 0. The van der Waals surface area contributed by atoms with Crippen LogP contribution < -0.4 is 16.0 Å². The summed E-state index contributed by atoms with van der Waals surface area (Å²) in [7, 11) is 0. The van der Waals surface area contributed by atoms with E-state index in [9.17, 15) is 4.79 Å². The van der Waals surface area contributed by atoms with Gasteiger partial charge in [0.1, 0.15) is 0 Å². The molecule has 1 saturated heterocycles. The van der Waals surface area contributed by atoms with E-state index in [0.717, 1.165) is 38.4 Å². The predicted octanol–water partition coefficient (Wildman–Crippen LogP) is 0.800. The summed E-state index contributed by atoms with van der Waals surface area (Å²) < 4.78 is 0. The van der Waals surface area contributed by atoms with Crippen molar-refractivity contribution in [1.29, 1.82) is 0 Å². The number of aliphatic imine (C=N–C) groups is 1. The number of nitrogens with one attached hydrogen (secondary N) is 3. The third-order valence-electron chi connectivity index (χ3n) is 4.34. The molecule has 0 bridgehead atoms. The molecule has 1 atom stereocenters. The maximum atomic E-state index is 11.6. The molecule has 1 aliphatic carbocycles. The van der Waals surface area contributed by atoms with Crippen molar-refractivity contribution in [3.63, 3.8) is 0 Å². The number of likely N-dealkylation sites (tertiary alicyclic amines) is 1. The number of hydrogen-bond acceptors (Lipinski definition) is 3. The molecule has 23 heavy (non-hydrogen) atoms. The van der Waals surface area contributed by atoms with E-state index in [2.05, 4.69) is 39.7 Å². The first-order valence-electron chi connectivity index (χ1n) is 9.21. The molecule has 1 amide bonds. The first-order valence-corrected chi connectivity index (χ1v) is 9.21. The van der Waals surface area contributed by atoms with Gasteiger partial charge in [0.25, 0.3) is 0 Å². The lowest BCUT2D eigenvalue weighted by molar-refractivity contribution is -0.122. The summed E-state index contributed by atoms with van der Waals surface area (Å²) in [5, 5.41) is 9.53. The zero-order chi connectivity index (χ0) is 16.5. The highest BCUT2D eigenvalue weighted by Gasteiger charge is 2.28. The lowest BCUT2D eigenvalue weighted by Gasteiger charge is -2.19. The Labute approximate surface area is 140 Å². The highest BCUT2D eigenvalue weighted by Crippen LogP contribution is 2.28. The van der Waals surface area contributed by atoms with Crippen molar-refractivity contribution < 1.29 is 4.79 Å². The summed E-state index contributed by atoms with van der Waals surface area (Å²) in [6.07, 6.45) is 4.79. The third kappa shape index (κ3) is 7.20. The van der Waals surface area contributed by atoms with Crippen molar-refractivity contribution in [1.82, 2.24) is 20.9 Å². The fourth-order valence-corrected chi connectivity index (χ4v) is 2.91. The van der Waals surface area contributed by atoms with Crippen molar-refractivity contribution in [2.75, 3.05) is 45.8 Å². The van der Waals surface area contributed by atoms with Crippen LogP contribution in [0.4, 0.5) is 0 Å². The summed E-state index contributed by atoms with van der Waals surface area (Å²) >= 11 is 0. The van der Waals surface area contributed by atoms with Crippen molar-refractivity contribution in [2.24, 2.45) is 16.8 Å². The number of amides is 1. The third-order valence-corrected chi connectivity index (χ3v) is 4.34. The van der Waals surface area contributed by atoms with Crippen molar-refractivity contribution in [2.45, 2.75) is 39.5 Å². The predicted molar refractivity (Wildman–Crippen MR) is 94.6 cm³/mol. The molecule has 0 aromatic heterocycles. The average molecular weight is 323 g/mol. The van der Waals surface area contributed by atoms with Gasteiger partial charge in [0.05, 0.1) is 0 Å². The Kier molecular flexibility index (Phi) is 7.65. The molecule has 0 aromatic carbocycles. The normalized spacial score (nSPS) is 20.3. The zero-order valence-corrected chi connectivity index (χ0v) is 14.7. The molecule has 0 aromatic rings. The molecule has 1 aliphatic heterocycles. The first-order chi connectivity index (χ1) is 11.2. The first kappa shape index (κ1) is 18.0. The SMILES string of the molecule is CCNC(=NCC(C)CN1CCCC1)NCCNC(=O)C1CC1. The van der Waals surface area contributed by atoms with Gasteiger partial charge in [-0.3, -0.25) is 9.79 Å². The van der Waals surface area contributed by atoms with E-state index < -0.39 is 0 Å². The lowest BCUT2D eigenvalue weighted by Crippen LogP contribution is -2.42. The Bertz CT molecular complexity index is 388. The van der Waals surface area contributed by atoms with Crippen LogP contribution in [-0.2, 0) is 4.79 Å². The van der Waals surface area contributed by atoms with Gasteiger partial charge < -0.3 is 20.9 Å². The maximum Gasteiger partial charge on any atom is 0.223 e. The number of carbonyl (C=O) groups is 1. The molecule has 2 aliphatic rings. The van der Waals surface area contributed by atoms with Crippen LogP contribution in [0, 0.1) is 11.8 Å². The van der Waals surface area contributed by atoms with Crippen molar-refractivity contribution in [3.8, 4) is 0 Å². The minimum Gasteiger partial charge on any atom is -0.357 e. The largest absolute Gasteiger partial charge is 0.357 e. The quantitative estimate of drug-likeness (QED) is 0.333. The minimum atomic E-state index is 0.202. The van der Waals surface area contributed by atoms with Crippen LogP contribution in [0.1, 0.15) is 39.5 Å². The molecule has 0 spiro atoms. The van der Waals surface area contributed by atoms with Crippen LogP contribution in [0.15, 0.2) is 4.99 Å². The van der Waals surface area contributed by atoms with E-state index in [4.69, 9.17) is 0 Å². The van der Waals surface area contributed by atoms with Crippen LogP contribution in [0.2, 0.25) is 0 Å². The van der Waals surface area contributed by atoms with Gasteiger partial charge in [-0.2, -0.15) is 0 Å². The van der Waals surface area contributed by atoms with Gasteiger partial charge in [0, 0.05) is 38.6 Å². The van der Waals surface area contributed by atoms with Crippen LogP contribution in [0.3, 0.4) is 0 Å². The van der Waals surface area contributed by atoms with E-state index in [1.54, 1.807) is 0 Å². The van der Waals surface area contributed by atoms with Gasteiger partial charge in [-0.05, 0) is 51.6 Å².